The normalized spacial score (nSPS) is 21.0. The standard InChI is InChI=1S/C20H26N2O3/c1-20(2)10-8-15(9-11-20)22(14-5-3-6-14)19(23)16-13-18(25-21-16)17-7-4-12-24-17/h4,7,12-15H,3,5-6,8-11H2,1-2H3. The van der Waals surface area contributed by atoms with Crippen LogP contribution in [0, 0.1) is 5.41 Å². The fraction of sp³-hybridized carbons (Fsp3) is 0.600. The van der Waals surface area contributed by atoms with Crippen LogP contribution in [0.4, 0.5) is 0 Å². The number of hydrogen-bond acceptors (Lipinski definition) is 4. The molecule has 0 N–H and O–H groups in total. The first-order valence-corrected chi connectivity index (χ1v) is 9.37. The van der Waals surface area contributed by atoms with Crippen molar-refractivity contribution in [2.24, 2.45) is 5.41 Å². The van der Waals surface area contributed by atoms with Gasteiger partial charge in [0.25, 0.3) is 5.91 Å². The zero-order valence-electron chi connectivity index (χ0n) is 15.0. The first-order chi connectivity index (χ1) is 12.0. The van der Waals surface area contributed by atoms with E-state index in [1.54, 1.807) is 18.4 Å². The molecule has 0 unspecified atom stereocenters. The third-order valence-electron chi connectivity index (χ3n) is 5.90. The van der Waals surface area contributed by atoms with Gasteiger partial charge in [-0.15, -0.1) is 0 Å². The molecule has 0 bridgehead atoms. The van der Waals surface area contributed by atoms with Gasteiger partial charge >= 0.3 is 0 Å². The van der Waals surface area contributed by atoms with E-state index < -0.39 is 0 Å². The molecule has 5 heteroatoms. The van der Waals surface area contributed by atoms with Crippen molar-refractivity contribution >= 4 is 5.91 Å². The second kappa shape index (κ2) is 6.36. The molecule has 2 aromatic heterocycles. The van der Waals surface area contributed by atoms with Crippen LogP contribution >= 0.6 is 0 Å². The Hall–Kier alpha value is -2.04. The van der Waals surface area contributed by atoms with E-state index >= 15 is 0 Å². The zero-order valence-corrected chi connectivity index (χ0v) is 15.0. The maximum absolute atomic E-state index is 13.2. The van der Waals surface area contributed by atoms with Crippen LogP contribution in [0.25, 0.3) is 11.5 Å². The number of carbonyl (C=O) groups is 1. The Morgan fingerprint density at radius 1 is 1.16 bits per heavy atom. The van der Waals surface area contributed by atoms with Gasteiger partial charge in [0.1, 0.15) is 0 Å². The van der Waals surface area contributed by atoms with E-state index in [0.717, 1.165) is 25.7 Å². The van der Waals surface area contributed by atoms with Crippen molar-refractivity contribution in [1.29, 1.82) is 0 Å². The van der Waals surface area contributed by atoms with Gasteiger partial charge in [0.2, 0.25) is 5.76 Å². The minimum absolute atomic E-state index is 0.0102. The molecule has 0 spiro atoms. The maximum atomic E-state index is 13.2. The van der Waals surface area contributed by atoms with Gasteiger partial charge in [-0.1, -0.05) is 19.0 Å². The van der Waals surface area contributed by atoms with Crippen molar-refractivity contribution in [3.05, 3.63) is 30.2 Å². The molecule has 0 aliphatic heterocycles. The first kappa shape index (κ1) is 16.4. The predicted octanol–water partition coefficient (Wildman–Crippen LogP) is 4.90. The van der Waals surface area contributed by atoms with Crippen LogP contribution in [0.2, 0.25) is 0 Å². The molecular weight excluding hydrogens is 316 g/mol. The molecule has 2 aromatic rings. The number of hydrogen-bond donors (Lipinski definition) is 0. The number of furan rings is 1. The predicted molar refractivity (Wildman–Crippen MR) is 94.1 cm³/mol. The number of nitrogens with zero attached hydrogens (tertiary/aromatic N) is 2. The quantitative estimate of drug-likeness (QED) is 0.793. The van der Waals surface area contributed by atoms with Crippen molar-refractivity contribution in [1.82, 2.24) is 10.1 Å². The third kappa shape index (κ3) is 3.24. The summed E-state index contributed by atoms with van der Waals surface area (Å²) in [5, 5.41) is 4.03. The lowest BCUT2D eigenvalue weighted by Gasteiger charge is -2.46. The molecular formula is C20H26N2O3. The summed E-state index contributed by atoms with van der Waals surface area (Å²) < 4.78 is 10.7. The van der Waals surface area contributed by atoms with Crippen LogP contribution in [-0.4, -0.2) is 28.0 Å². The number of amides is 1. The average molecular weight is 342 g/mol. The Balaban J connectivity index is 1.54. The van der Waals surface area contributed by atoms with Gasteiger partial charge in [-0.3, -0.25) is 4.79 Å². The summed E-state index contributed by atoms with van der Waals surface area (Å²) in [6, 6.07) is 6.00. The first-order valence-electron chi connectivity index (χ1n) is 9.37. The van der Waals surface area contributed by atoms with Gasteiger partial charge in [-0.25, -0.2) is 0 Å². The van der Waals surface area contributed by atoms with E-state index in [0.29, 0.717) is 34.7 Å². The highest BCUT2D eigenvalue weighted by molar-refractivity contribution is 5.93. The molecule has 0 aromatic carbocycles. The Bertz CT molecular complexity index is 718. The van der Waals surface area contributed by atoms with Crippen LogP contribution in [0.3, 0.4) is 0 Å². The van der Waals surface area contributed by atoms with E-state index in [4.69, 9.17) is 8.94 Å². The SMILES string of the molecule is CC1(C)CCC(N(C(=O)c2cc(-c3ccco3)on2)C2CCC2)CC1. The van der Waals surface area contributed by atoms with Gasteiger partial charge in [0, 0.05) is 18.2 Å². The van der Waals surface area contributed by atoms with Crippen molar-refractivity contribution in [2.45, 2.75) is 70.9 Å². The molecule has 2 aliphatic carbocycles. The molecule has 2 fully saturated rings. The highest BCUT2D eigenvalue weighted by Gasteiger charge is 2.39. The summed E-state index contributed by atoms with van der Waals surface area (Å²) in [5.41, 5.74) is 0.786. The highest BCUT2D eigenvalue weighted by atomic mass is 16.5. The van der Waals surface area contributed by atoms with Gasteiger partial charge in [-0.05, 0) is 62.5 Å². The third-order valence-corrected chi connectivity index (χ3v) is 5.90. The fourth-order valence-electron chi connectivity index (χ4n) is 4.00. The van der Waals surface area contributed by atoms with Gasteiger partial charge < -0.3 is 13.8 Å². The molecule has 1 amide bonds. The monoisotopic (exact) mass is 342 g/mol. The summed E-state index contributed by atoms with van der Waals surface area (Å²) in [6.45, 7) is 4.65. The smallest absolute Gasteiger partial charge is 0.276 e. The zero-order chi connectivity index (χ0) is 17.4. The van der Waals surface area contributed by atoms with Crippen molar-refractivity contribution in [2.75, 3.05) is 0 Å². The van der Waals surface area contributed by atoms with E-state index in [1.807, 2.05) is 6.07 Å². The van der Waals surface area contributed by atoms with Crippen LogP contribution in [-0.2, 0) is 0 Å². The topological polar surface area (TPSA) is 59.5 Å². The fourth-order valence-corrected chi connectivity index (χ4v) is 4.00. The average Bonchev–Trinajstić information content (AvgIpc) is 3.21. The van der Waals surface area contributed by atoms with E-state index in [-0.39, 0.29) is 5.91 Å². The van der Waals surface area contributed by atoms with Crippen molar-refractivity contribution in [3.63, 3.8) is 0 Å². The highest BCUT2D eigenvalue weighted by Crippen LogP contribution is 2.40. The molecule has 2 aliphatic rings. The van der Waals surface area contributed by atoms with E-state index in [2.05, 4.69) is 23.9 Å². The Morgan fingerprint density at radius 3 is 2.48 bits per heavy atom. The van der Waals surface area contributed by atoms with E-state index in [1.165, 1.54) is 19.3 Å². The second-order valence-corrected chi connectivity index (χ2v) is 8.25. The molecule has 25 heavy (non-hydrogen) atoms. The second-order valence-electron chi connectivity index (χ2n) is 8.25. The van der Waals surface area contributed by atoms with Gasteiger partial charge in [0.05, 0.1) is 6.26 Å². The molecule has 2 saturated carbocycles. The number of aromatic nitrogens is 1. The number of carbonyl (C=O) groups excluding carboxylic acids is 1. The summed E-state index contributed by atoms with van der Waals surface area (Å²) in [6.07, 6.45) is 9.52. The summed E-state index contributed by atoms with van der Waals surface area (Å²) >= 11 is 0. The van der Waals surface area contributed by atoms with Crippen LogP contribution < -0.4 is 0 Å². The molecule has 4 rings (SSSR count). The van der Waals surface area contributed by atoms with Crippen molar-refractivity contribution in [3.8, 4) is 11.5 Å². The molecule has 0 atom stereocenters. The molecule has 0 radical (unpaired) electrons. The summed E-state index contributed by atoms with van der Waals surface area (Å²) in [4.78, 5) is 15.3. The van der Waals surface area contributed by atoms with Crippen LogP contribution in [0.15, 0.2) is 33.4 Å². The Kier molecular flexibility index (Phi) is 4.18. The van der Waals surface area contributed by atoms with Crippen LogP contribution in [0.1, 0.15) is 69.3 Å². The lowest BCUT2D eigenvalue weighted by atomic mass is 9.74. The van der Waals surface area contributed by atoms with Gasteiger partial charge in [-0.2, -0.15) is 0 Å². The Morgan fingerprint density at radius 2 is 1.88 bits per heavy atom. The summed E-state index contributed by atoms with van der Waals surface area (Å²) in [7, 11) is 0. The van der Waals surface area contributed by atoms with Gasteiger partial charge in [0.15, 0.2) is 11.5 Å². The molecule has 0 saturated heterocycles. The minimum atomic E-state index is 0.0102. The lowest BCUT2D eigenvalue weighted by molar-refractivity contribution is 0.0271. The lowest BCUT2D eigenvalue weighted by Crippen LogP contribution is -2.51. The van der Waals surface area contributed by atoms with Crippen molar-refractivity contribution < 1.29 is 13.7 Å². The summed E-state index contributed by atoms with van der Waals surface area (Å²) in [5.74, 6) is 1.11. The molecule has 5 nitrogen and oxygen atoms in total. The Labute approximate surface area is 148 Å². The molecule has 2 heterocycles. The molecule has 134 valence electrons. The largest absolute Gasteiger partial charge is 0.461 e. The number of rotatable bonds is 4. The van der Waals surface area contributed by atoms with E-state index in [9.17, 15) is 4.79 Å². The minimum Gasteiger partial charge on any atom is -0.461 e. The maximum Gasteiger partial charge on any atom is 0.276 e. The van der Waals surface area contributed by atoms with Crippen LogP contribution in [0.5, 0.6) is 0 Å².